The smallest absolute Gasteiger partial charge is 0.335 e. The summed E-state index contributed by atoms with van der Waals surface area (Å²) < 4.78 is 5.31. The third-order valence-corrected chi connectivity index (χ3v) is 6.81. The fraction of sp³-hybridized carbons (Fsp3) is 0.409. The second kappa shape index (κ2) is 5.76. The second-order valence-corrected chi connectivity index (χ2v) is 7.94. The van der Waals surface area contributed by atoms with Crippen molar-refractivity contribution in [3.63, 3.8) is 0 Å². The molecule has 2 N–H and O–H groups in total. The Balaban J connectivity index is 1.59. The van der Waals surface area contributed by atoms with Crippen molar-refractivity contribution in [3.05, 3.63) is 59.2 Å². The Labute approximate surface area is 153 Å². The van der Waals surface area contributed by atoms with Gasteiger partial charge in [0.25, 0.3) is 0 Å². The summed E-state index contributed by atoms with van der Waals surface area (Å²) in [6.45, 7) is 0. The van der Waals surface area contributed by atoms with Crippen LogP contribution in [0.3, 0.4) is 0 Å². The highest BCUT2D eigenvalue weighted by atomic mass is 16.5. The molecular weight excluding hydrogens is 326 g/mol. The number of carboxylic acid groups (broad SMARTS) is 1. The summed E-state index contributed by atoms with van der Waals surface area (Å²) in [6, 6.07) is 14.2. The number of anilines is 1. The zero-order chi connectivity index (χ0) is 17.8. The van der Waals surface area contributed by atoms with Crippen molar-refractivity contribution < 1.29 is 14.6 Å². The average Bonchev–Trinajstić information content (AvgIpc) is 3.29. The number of fused-ring (bicyclic) bond motifs is 7. The quantitative estimate of drug-likeness (QED) is 0.844. The van der Waals surface area contributed by atoms with Crippen LogP contribution < -0.4 is 10.1 Å². The predicted molar refractivity (Wildman–Crippen MR) is 99.8 cm³/mol. The van der Waals surface area contributed by atoms with Gasteiger partial charge >= 0.3 is 5.97 Å². The van der Waals surface area contributed by atoms with E-state index in [0.29, 0.717) is 23.3 Å². The highest BCUT2D eigenvalue weighted by Crippen LogP contribution is 2.63. The summed E-state index contributed by atoms with van der Waals surface area (Å²) in [5, 5.41) is 13.1. The van der Waals surface area contributed by atoms with Crippen LogP contribution in [0.4, 0.5) is 5.69 Å². The fourth-order valence-corrected chi connectivity index (χ4v) is 5.76. The minimum Gasteiger partial charge on any atom is -0.497 e. The van der Waals surface area contributed by atoms with Gasteiger partial charge in [-0.2, -0.15) is 0 Å². The van der Waals surface area contributed by atoms with E-state index in [2.05, 4.69) is 17.4 Å². The normalized spacial score (nSPS) is 31.0. The predicted octanol–water partition coefficient (Wildman–Crippen LogP) is 4.69. The Morgan fingerprint density at radius 1 is 1.12 bits per heavy atom. The van der Waals surface area contributed by atoms with Crippen molar-refractivity contribution in [3.8, 4) is 5.75 Å². The number of ether oxygens (including phenoxy) is 1. The minimum absolute atomic E-state index is 0.282. The molecule has 0 amide bonds. The molecule has 2 aliphatic carbocycles. The average molecular weight is 349 g/mol. The minimum atomic E-state index is -0.843. The molecule has 26 heavy (non-hydrogen) atoms. The van der Waals surface area contributed by atoms with Gasteiger partial charge < -0.3 is 15.2 Å². The van der Waals surface area contributed by atoms with Crippen molar-refractivity contribution in [2.75, 3.05) is 12.4 Å². The van der Waals surface area contributed by atoms with E-state index in [9.17, 15) is 9.90 Å². The number of rotatable bonds is 3. The lowest BCUT2D eigenvalue weighted by molar-refractivity contribution is 0.0696. The van der Waals surface area contributed by atoms with Crippen LogP contribution in [0.1, 0.15) is 52.7 Å². The molecule has 2 aromatic carbocycles. The molecule has 2 aromatic rings. The van der Waals surface area contributed by atoms with E-state index in [-0.39, 0.29) is 6.04 Å². The van der Waals surface area contributed by atoms with E-state index in [1.54, 1.807) is 13.2 Å². The van der Waals surface area contributed by atoms with Gasteiger partial charge in [0.15, 0.2) is 0 Å². The van der Waals surface area contributed by atoms with Gasteiger partial charge in [-0.25, -0.2) is 4.79 Å². The van der Waals surface area contributed by atoms with Gasteiger partial charge in [-0.05, 0) is 84.4 Å². The Kier molecular flexibility index (Phi) is 3.49. The molecule has 5 atom stereocenters. The van der Waals surface area contributed by atoms with Crippen LogP contribution in [0, 0.1) is 17.8 Å². The van der Waals surface area contributed by atoms with E-state index in [4.69, 9.17) is 4.74 Å². The molecular formula is C22H23NO3. The van der Waals surface area contributed by atoms with Crippen LogP contribution in [-0.4, -0.2) is 18.2 Å². The molecule has 3 aliphatic rings. The van der Waals surface area contributed by atoms with Crippen LogP contribution in [0.5, 0.6) is 5.75 Å². The van der Waals surface area contributed by atoms with Crippen LogP contribution in [-0.2, 0) is 0 Å². The Morgan fingerprint density at radius 3 is 2.62 bits per heavy atom. The molecule has 5 rings (SSSR count). The SMILES string of the molecule is COc1ccc([C@@H]2Nc3ccc(C(=O)O)cc3[C@H]3[C@H]4CC[C@@H](C4)[C@@H]32)cc1. The van der Waals surface area contributed by atoms with Crippen molar-refractivity contribution in [1.82, 2.24) is 0 Å². The molecule has 0 spiro atoms. The lowest BCUT2D eigenvalue weighted by Gasteiger charge is -2.43. The number of carbonyl (C=O) groups is 1. The zero-order valence-corrected chi connectivity index (χ0v) is 14.8. The third kappa shape index (κ3) is 2.24. The molecule has 0 aromatic heterocycles. The molecule has 0 saturated heterocycles. The lowest BCUT2D eigenvalue weighted by Crippen LogP contribution is -2.35. The summed E-state index contributed by atoms with van der Waals surface area (Å²) in [6.07, 6.45) is 3.85. The van der Waals surface area contributed by atoms with Gasteiger partial charge in [0, 0.05) is 5.69 Å². The largest absolute Gasteiger partial charge is 0.497 e. The van der Waals surface area contributed by atoms with Gasteiger partial charge in [0.2, 0.25) is 0 Å². The first kappa shape index (κ1) is 15.7. The summed E-state index contributed by atoms with van der Waals surface area (Å²) >= 11 is 0. The topological polar surface area (TPSA) is 58.6 Å². The molecule has 2 fully saturated rings. The maximum absolute atomic E-state index is 11.5. The van der Waals surface area contributed by atoms with Gasteiger partial charge in [-0.3, -0.25) is 0 Å². The monoisotopic (exact) mass is 349 g/mol. The van der Waals surface area contributed by atoms with Crippen LogP contribution in [0.2, 0.25) is 0 Å². The van der Waals surface area contributed by atoms with E-state index >= 15 is 0 Å². The number of aromatic carboxylic acids is 1. The van der Waals surface area contributed by atoms with Gasteiger partial charge in [0.1, 0.15) is 5.75 Å². The van der Waals surface area contributed by atoms with E-state index in [1.165, 1.54) is 30.4 Å². The molecule has 2 bridgehead atoms. The molecule has 2 saturated carbocycles. The number of benzene rings is 2. The first-order chi connectivity index (χ1) is 12.7. The van der Waals surface area contributed by atoms with E-state index < -0.39 is 5.97 Å². The maximum Gasteiger partial charge on any atom is 0.335 e. The fourth-order valence-electron chi connectivity index (χ4n) is 5.76. The Hall–Kier alpha value is -2.49. The number of hydrogen-bond acceptors (Lipinski definition) is 3. The first-order valence-electron chi connectivity index (χ1n) is 9.43. The van der Waals surface area contributed by atoms with Gasteiger partial charge in [0.05, 0.1) is 18.7 Å². The summed E-state index contributed by atoms with van der Waals surface area (Å²) in [5.74, 6) is 2.46. The number of carboxylic acids is 1. The molecule has 4 nitrogen and oxygen atoms in total. The third-order valence-electron chi connectivity index (χ3n) is 6.81. The highest BCUT2D eigenvalue weighted by molar-refractivity contribution is 5.88. The highest BCUT2D eigenvalue weighted by Gasteiger charge is 2.53. The zero-order valence-electron chi connectivity index (χ0n) is 14.8. The first-order valence-corrected chi connectivity index (χ1v) is 9.43. The van der Waals surface area contributed by atoms with Crippen molar-refractivity contribution in [2.45, 2.75) is 31.2 Å². The molecule has 0 radical (unpaired) electrons. The van der Waals surface area contributed by atoms with Gasteiger partial charge in [-0.15, -0.1) is 0 Å². The second-order valence-electron chi connectivity index (χ2n) is 7.94. The van der Waals surface area contributed by atoms with Crippen LogP contribution in [0.25, 0.3) is 0 Å². The number of nitrogens with one attached hydrogen (secondary N) is 1. The number of methoxy groups -OCH3 is 1. The standard InChI is InChI=1S/C22H23NO3/c1-26-16-7-4-12(5-8-16)21-20-14-3-2-13(10-14)19(20)17-11-15(22(24)25)6-9-18(17)23-21/h4-9,11,13-14,19-21,23H,2-3,10H2,1H3,(H,24,25)/t13-,14-,19+,20-,21-/m0/s1. The lowest BCUT2D eigenvalue weighted by atomic mass is 9.68. The summed E-state index contributed by atoms with van der Waals surface area (Å²) in [5.41, 5.74) is 4.01. The van der Waals surface area contributed by atoms with Crippen molar-refractivity contribution >= 4 is 11.7 Å². The van der Waals surface area contributed by atoms with E-state index in [1.807, 2.05) is 24.3 Å². The molecule has 1 aliphatic heterocycles. The number of hydrogen-bond donors (Lipinski definition) is 2. The van der Waals surface area contributed by atoms with Crippen molar-refractivity contribution in [2.24, 2.45) is 17.8 Å². The molecule has 1 heterocycles. The van der Waals surface area contributed by atoms with Crippen molar-refractivity contribution in [1.29, 1.82) is 0 Å². The summed E-state index contributed by atoms with van der Waals surface area (Å²) in [7, 11) is 1.69. The summed E-state index contributed by atoms with van der Waals surface area (Å²) in [4.78, 5) is 11.5. The van der Waals surface area contributed by atoms with Crippen LogP contribution >= 0.6 is 0 Å². The van der Waals surface area contributed by atoms with Crippen LogP contribution in [0.15, 0.2) is 42.5 Å². The Bertz CT molecular complexity index is 860. The molecule has 134 valence electrons. The van der Waals surface area contributed by atoms with Gasteiger partial charge in [-0.1, -0.05) is 12.1 Å². The molecule has 4 heteroatoms. The Morgan fingerprint density at radius 2 is 1.88 bits per heavy atom. The molecule has 0 unspecified atom stereocenters. The van der Waals surface area contributed by atoms with E-state index in [0.717, 1.165) is 17.4 Å². The maximum atomic E-state index is 11.5.